The Bertz CT molecular complexity index is 585. The number of benzene rings is 1. The van der Waals surface area contributed by atoms with Crippen LogP contribution in [-0.2, 0) is 14.4 Å². The van der Waals surface area contributed by atoms with Crippen LogP contribution in [0.25, 0.3) is 0 Å². The standard InChI is InChI=1S/C14H16N2O5/c1-2-10-14(20)16-9-7-8(3-4-11(9)21-10)15-12(17)5-6-13(18)19/h3-4,7,10H,2,5-6H2,1H3,(H,15,17)(H,16,20)(H,18,19). The highest BCUT2D eigenvalue weighted by atomic mass is 16.5. The van der Waals surface area contributed by atoms with E-state index < -0.39 is 18.0 Å². The number of ether oxygens (including phenoxy) is 1. The van der Waals surface area contributed by atoms with Crippen molar-refractivity contribution in [2.75, 3.05) is 10.6 Å². The molecule has 0 saturated heterocycles. The molecule has 0 aromatic heterocycles. The zero-order valence-corrected chi connectivity index (χ0v) is 11.5. The smallest absolute Gasteiger partial charge is 0.303 e. The highest BCUT2D eigenvalue weighted by molar-refractivity contribution is 5.99. The summed E-state index contributed by atoms with van der Waals surface area (Å²) in [6.45, 7) is 1.85. The number of fused-ring (bicyclic) bond motifs is 1. The molecule has 0 aliphatic carbocycles. The number of amides is 2. The lowest BCUT2D eigenvalue weighted by atomic mass is 10.1. The number of rotatable bonds is 5. The lowest BCUT2D eigenvalue weighted by molar-refractivity contribution is -0.138. The third kappa shape index (κ3) is 3.71. The SMILES string of the molecule is CCC1Oc2ccc(NC(=O)CCC(=O)O)cc2NC1=O. The van der Waals surface area contributed by atoms with Crippen LogP contribution in [0.5, 0.6) is 5.75 Å². The van der Waals surface area contributed by atoms with Gasteiger partial charge in [-0.1, -0.05) is 6.92 Å². The maximum Gasteiger partial charge on any atom is 0.303 e. The molecule has 2 amide bonds. The number of hydrogen-bond acceptors (Lipinski definition) is 4. The van der Waals surface area contributed by atoms with Gasteiger partial charge in [0, 0.05) is 12.1 Å². The Hall–Kier alpha value is -2.57. The topological polar surface area (TPSA) is 105 Å². The molecule has 1 heterocycles. The summed E-state index contributed by atoms with van der Waals surface area (Å²) in [4.78, 5) is 33.7. The predicted octanol–water partition coefficient (Wildman–Crippen LogP) is 1.60. The second-order valence-electron chi connectivity index (χ2n) is 4.66. The molecular formula is C14H16N2O5. The first kappa shape index (κ1) is 14.8. The minimum Gasteiger partial charge on any atom is -0.481 e. The molecule has 0 fully saturated rings. The van der Waals surface area contributed by atoms with Gasteiger partial charge in [0.15, 0.2) is 6.10 Å². The molecule has 0 spiro atoms. The van der Waals surface area contributed by atoms with Gasteiger partial charge in [-0.05, 0) is 24.6 Å². The molecule has 7 heteroatoms. The number of aliphatic carboxylic acids is 1. The van der Waals surface area contributed by atoms with Crippen LogP contribution < -0.4 is 15.4 Å². The van der Waals surface area contributed by atoms with E-state index in [9.17, 15) is 14.4 Å². The van der Waals surface area contributed by atoms with E-state index in [1.54, 1.807) is 18.2 Å². The monoisotopic (exact) mass is 292 g/mol. The van der Waals surface area contributed by atoms with Gasteiger partial charge < -0.3 is 20.5 Å². The molecule has 21 heavy (non-hydrogen) atoms. The van der Waals surface area contributed by atoms with E-state index in [-0.39, 0.29) is 18.7 Å². The van der Waals surface area contributed by atoms with Crippen LogP contribution in [0, 0.1) is 0 Å². The largest absolute Gasteiger partial charge is 0.481 e. The first-order valence-electron chi connectivity index (χ1n) is 6.62. The molecule has 7 nitrogen and oxygen atoms in total. The van der Waals surface area contributed by atoms with Crippen LogP contribution in [0.3, 0.4) is 0 Å². The van der Waals surface area contributed by atoms with Crippen molar-refractivity contribution in [2.24, 2.45) is 0 Å². The normalized spacial score (nSPS) is 16.4. The van der Waals surface area contributed by atoms with E-state index in [2.05, 4.69) is 10.6 Å². The molecule has 1 aliphatic rings. The molecule has 0 bridgehead atoms. The molecule has 112 valence electrons. The van der Waals surface area contributed by atoms with Crippen molar-refractivity contribution in [2.45, 2.75) is 32.3 Å². The molecule has 1 atom stereocenters. The fraction of sp³-hybridized carbons (Fsp3) is 0.357. The van der Waals surface area contributed by atoms with Gasteiger partial charge in [-0.15, -0.1) is 0 Å². The average Bonchev–Trinajstić information content (AvgIpc) is 2.44. The van der Waals surface area contributed by atoms with Crippen LogP contribution in [0.4, 0.5) is 11.4 Å². The number of nitrogens with one attached hydrogen (secondary N) is 2. The minimum atomic E-state index is -1.03. The molecule has 1 unspecified atom stereocenters. The van der Waals surface area contributed by atoms with Gasteiger partial charge in [0.25, 0.3) is 5.91 Å². The van der Waals surface area contributed by atoms with Gasteiger partial charge in [0.1, 0.15) is 5.75 Å². The van der Waals surface area contributed by atoms with Crippen molar-refractivity contribution in [3.05, 3.63) is 18.2 Å². The molecule has 2 rings (SSSR count). The Morgan fingerprint density at radius 1 is 1.38 bits per heavy atom. The Labute approximate surface area is 121 Å². The Morgan fingerprint density at radius 3 is 2.81 bits per heavy atom. The average molecular weight is 292 g/mol. The molecule has 1 aromatic rings. The fourth-order valence-corrected chi connectivity index (χ4v) is 1.94. The second kappa shape index (κ2) is 6.25. The van der Waals surface area contributed by atoms with Crippen LogP contribution >= 0.6 is 0 Å². The van der Waals surface area contributed by atoms with Gasteiger partial charge in [0.2, 0.25) is 5.91 Å². The zero-order valence-electron chi connectivity index (χ0n) is 11.5. The quantitative estimate of drug-likeness (QED) is 0.764. The fourth-order valence-electron chi connectivity index (χ4n) is 1.94. The van der Waals surface area contributed by atoms with E-state index in [0.29, 0.717) is 23.5 Å². The Balaban J connectivity index is 2.04. The molecule has 0 saturated carbocycles. The number of carboxylic acid groups (broad SMARTS) is 1. The Morgan fingerprint density at radius 2 is 2.14 bits per heavy atom. The van der Waals surface area contributed by atoms with Crippen LogP contribution in [0.2, 0.25) is 0 Å². The molecule has 1 aliphatic heterocycles. The number of carboxylic acids is 1. The van der Waals surface area contributed by atoms with Gasteiger partial charge >= 0.3 is 5.97 Å². The first-order chi connectivity index (χ1) is 9.99. The van der Waals surface area contributed by atoms with Gasteiger partial charge in [-0.2, -0.15) is 0 Å². The van der Waals surface area contributed by atoms with Crippen molar-refractivity contribution in [3.8, 4) is 5.75 Å². The van der Waals surface area contributed by atoms with Crippen molar-refractivity contribution < 1.29 is 24.2 Å². The summed E-state index contributed by atoms with van der Waals surface area (Å²) < 4.78 is 5.53. The third-order valence-corrected chi connectivity index (χ3v) is 3.02. The zero-order chi connectivity index (χ0) is 15.4. The van der Waals surface area contributed by atoms with Gasteiger partial charge in [-0.3, -0.25) is 14.4 Å². The number of anilines is 2. The summed E-state index contributed by atoms with van der Waals surface area (Å²) in [5.41, 5.74) is 0.962. The summed E-state index contributed by atoms with van der Waals surface area (Å²) in [6, 6.07) is 4.88. The highest BCUT2D eigenvalue weighted by Gasteiger charge is 2.26. The lowest BCUT2D eigenvalue weighted by Gasteiger charge is -2.25. The van der Waals surface area contributed by atoms with Crippen molar-refractivity contribution >= 4 is 29.2 Å². The van der Waals surface area contributed by atoms with E-state index in [4.69, 9.17) is 9.84 Å². The molecule has 1 aromatic carbocycles. The van der Waals surface area contributed by atoms with Crippen LogP contribution in [0.1, 0.15) is 26.2 Å². The predicted molar refractivity (Wildman–Crippen MR) is 75.3 cm³/mol. The highest BCUT2D eigenvalue weighted by Crippen LogP contribution is 2.32. The van der Waals surface area contributed by atoms with E-state index in [1.807, 2.05) is 6.92 Å². The van der Waals surface area contributed by atoms with E-state index in [1.165, 1.54) is 0 Å². The summed E-state index contributed by atoms with van der Waals surface area (Å²) >= 11 is 0. The molecular weight excluding hydrogens is 276 g/mol. The lowest BCUT2D eigenvalue weighted by Crippen LogP contribution is -2.36. The maximum absolute atomic E-state index is 11.7. The third-order valence-electron chi connectivity index (χ3n) is 3.02. The number of carbonyl (C=O) groups excluding carboxylic acids is 2. The first-order valence-corrected chi connectivity index (χ1v) is 6.62. The molecule has 3 N–H and O–H groups in total. The Kier molecular flexibility index (Phi) is 4.42. The van der Waals surface area contributed by atoms with Crippen molar-refractivity contribution in [3.63, 3.8) is 0 Å². The summed E-state index contributed by atoms with van der Waals surface area (Å²) in [5.74, 6) is -1.10. The van der Waals surface area contributed by atoms with Crippen molar-refractivity contribution in [1.82, 2.24) is 0 Å². The van der Waals surface area contributed by atoms with Gasteiger partial charge in [-0.25, -0.2) is 0 Å². The van der Waals surface area contributed by atoms with Gasteiger partial charge in [0.05, 0.1) is 12.1 Å². The maximum atomic E-state index is 11.7. The second-order valence-corrected chi connectivity index (χ2v) is 4.66. The van der Waals surface area contributed by atoms with Crippen LogP contribution in [-0.4, -0.2) is 29.0 Å². The van der Waals surface area contributed by atoms with E-state index >= 15 is 0 Å². The van der Waals surface area contributed by atoms with E-state index in [0.717, 1.165) is 0 Å². The minimum absolute atomic E-state index is 0.104. The summed E-state index contributed by atoms with van der Waals surface area (Å²) in [6.07, 6.45) is -0.269. The summed E-state index contributed by atoms with van der Waals surface area (Å²) in [5, 5.41) is 13.8. The van der Waals surface area contributed by atoms with Crippen LogP contribution in [0.15, 0.2) is 18.2 Å². The number of hydrogen-bond donors (Lipinski definition) is 3. The van der Waals surface area contributed by atoms with Crippen molar-refractivity contribution in [1.29, 1.82) is 0 Å². The molecule has 0 radical (unpaired) electrons. The summed E-state index contributed by atoms with van der Waals surface area (Å²) in [7, 11) is 0. The number of carbonyl (C=O) groups is 3.